The predicted octanol–water partition coefficient (Wildman–Crippen LogP) is 2.80. The lowest BCUT2D eigenvalue weighted by atomic mass is 10.0. The predicted molar refractivity (Wildman–Crippen MR) is 98.3 cm³/mol. The molecule has 7 heteroatoms. The third-order valence-electron chi connectivity index (χ3n) is 4.47. The van der Waals surface area contributed by atoms with Gasteiger partial charge in [0.2, 0.25) is 5.78 Å². The Kier molecular flexibility index (Phi) is 4.18. The summed E-state index contributed by atoms with van der Waals surface area (Å²) in [7, 11) is 0. The first-order valence-corrected chi connectivity index (χ1v) is 8.38. The molecule has 2 N–H and O–H groups in total. The fraction of sp³-hybridized carbons (Fsp3) is 0.150. The first kappa shape index (κ1) is 17.3. The van der Waals surface area contributed by atoms with Crippen LogP contribution in [0.3, 0.4) is 0 Å². The van der Waals surface area contributed by atoms with Gasteiger partial charge in [-0.25, -0.2) is 14.4 Å². The van der Waals surface area contributed by atoms with Gasteiger partial charge < -0.3 is 10.2 Å². The van der Waals surface area contributed by atoms with Gasteiger partial charge in [0.15, 0.2) is 0 Å². The van der Waals surface area contributed by atoms with Crippen molar-refractivity contribution in [2.45, 2.75) is 12.5 Å². The Morgan fingerprint density at radius 2 is 2.00 bits per heavy atom. The van der Waals surface area contributed by atoms with E-state index in [1.54, 1.807) is 59.5 Å². The number of pyridine rings is 1. The summed E-state index contributed by atoms with van der Waals surface area (Å²) in [6, 6.07) is 10.0. The summed E-state index contributed by atoms with van der Waals surface area (Å²) in [5.41, 5.74) is 1.51. The highest BCUT2D eigenvalue weighted by atomic mass is 19.1. The number of fused-ring (bicyclic) bond motifs is 1. The lowest BCUT2D eigenvalue weighted by Gasteiger charge is -2.19. The van der Waals surface area contributed by atoms with Crippen LogP contribution in [-0.4, -0.2) is 36.2 Å². The molecule has 0 aliphatic heterocycles. The Hall–Kier alpha value is -3.16. The minimum absolute atomic E-state index is 0.324. The van der Waals surface area contributed by atoms with E-state index in [1.807, 2.05) is 0 Å². The number of imidazole rings is 1. The van der Waals surface area contributed by atoms with Crippen LogP contribution in [0.15, 0.2) is 61.2 Å². The van der Waals surface area contributed by atoms with Gasteiger partial charge in [0.1, 0.15) is 11.4 Å². The molecule has 1 unspecified atom stereocenters. The van der Waals surface area contributed by atoms with Gasteiger partial charge in [-0.1, -0.05) is 6.07 Å². The van der Waals surface area contributed by atoms with E-state index in [-0.39, 0.29) is 5.82 Å². The molecule has 0 spiro atoms. The molecule has 0 saturated carbocycles. The molecular weight excluding hydrogens is 347 g/mol. The van der Waals surface area contributed by atoms with Gasteiger partial charge in [-0.15, -0.1) is 0 Å². The van der Waals surface area contributed by atoms with Crippen molar-refractivity contribution in [2.75, 3.05) is 6.61 Å². The second-order valence-corrected chi connectivity index (χ2v) is 6.49. The average molecular weight is 364 g/mol. The molecule has 0 aliphatic rings. The molecule has 1 atom stereocenters. The van der Waals surface area contributed by atoms with Crippen LogP contribution in [0.5, 0.6) is 0 Å². The van der Waals surface area contributed by atoms with Crippen molar-refractivity contribution in [3.63, 3.8) is 0 Å². The molecule has 6 nitrogen and oxygen atoms in total. The van der Waals surface area contributed by atoms with Crippen molar-refractivity contribution in [1.29, 1.82) is 0 Å². The number of aliphatic hydroxyl groups is 2. The first-order chi connectivity index (χ1) is 13.0. The Balaban J connectivity index is 1.81. The number of aromatic nitrogens is 4. The zero-order valence-electron chi connectivity index (χ0n) is 14.5. The van der Waals surface area contributed by atoms with Crippen LogP contribution in [0.4, 0.5) is 4.39 Å². The van der Waals surface area contributed by atoms with Crippen LogP contribution >= 0.6 is 0 Å². The Bertz CT molecular complexity index is 1110. The number of halogens is 1. The second-order valence-electron chi connectivity index (χ2n) is 6.49. The van der Waals surface area contributed by atoms with Crippen molar-refractivity contribution in [3.05, 3.63) is 72.7 Å². The van der Waals surface area contributed by atoms with E-state index in [2.05, 4.69) is 15.0 Å². The van der Waals surface area contributed by atoms with Gasteiger partial charge in [0, 0.05) is 35.3 Å². The van der Waals surface area contributed by atoms with E-state index >= 15 is 0 Å². The molecule has 1 aromatic carbocycles. The average Bonchev–Trinajstić information content (AvgIpc) is 3.12. The molecular formula is C20H17FN4O2. The molecule has 27 heavy (non-hydrogen) atoms. The van der Waals surface area contributed by atoms with E-state index in [4.69, 9.17) is 0 Å². The molecule has 0 aliphatic carbocycles. The van der Waals surface area contributed by atoms with Crippen LogP contribution in [0.25, 0.3) is 28.2 Å². The maximum atomic E-state index is 14.3. The summed E-state index contributed by atoms with van der Waals surface area (Å²) in [4.78, 5) is 12.6. The molecule has 136 valence electrons. The van der Waals surface area contributed by atoms with Crippen molar-refractivity contribution in [2.24, 2.45) is 0 Å². The van der Waals surface area contributed by atoms with Crippen molar-refractivity contribution < 1.29 is 14.6 Å². The van der Waals surface area contributed by atoms with Crippen LogP contribution < -0.4 is 0 Å². The smallest absolute Gasteiger partial charge is 0.234 e. The highest BCUT2D eigenvalue weighted by Crippen LogP contribution is 2.29. The molecule has 0 saturated heterocycles. The minimum Gasteiger partial charge on any atom is -0.393 e. The Morgan fingerprint density at radius 1 is 1.15 bits per heavy atom. The van der Waals surface area contributed by atoms with Crippen LogP contribution in [0.2, 0.25) is 0 Å². The molecule has 3 heterocycles. The molecule has 4 aromatic rings. The fourth-order valence-corrected chi connectivity index (χ4v) is 2.89. The van der Waals surface area contributed by atoms with Crippen molar-refractivity contribution in [3.8, 4) is 22.4 Å². The number of nitrogens with zero attached hydrogens (tertiary/aromatic N) is 4. The maximum absolute atomic E-state index is 14.3. The lowest BCUT2D eigenvalue weighted by Crippen LogP contribution is -2.27. The molecule has 0 amide bonds. The second kappa shape index (κ2) is 6.53. The summed E-state index contributed by atoms with van der Waals surface area (Å²) in [5.74, 6) is 0.0449. The van der Waals surface area contributed by atoms with Gasteiger partial charge >= 0.3 is 0 Å². The maximum Gasteiger partial charge on any atom is 0.234 e. The van der Waals surface area contributed by atoms with E-state index in [9.17, 15) is 14.6 Å². The van der Waals surface area contributed by atoms with Gasteiger partial charge in [0.05, 0.1) is 24.2 Å². The van der Waals surface area contributed by atoms with Crippen molar-refractivity contribution in [1.82, 2.24) is 19.4 Å². The summed E-state index contributed by atoms with van der Waals surface area (Å²) in [6.45, 7) is 1.03. The van der Waals surface area contributed by atoms with Crippen LogP contribution in [-0.2, 0) is 5.60 Å². The van der Waals surface area contributed by atoms with Crippen molar-refractivity contribution >= 4 is 5.78 Å². The Labute approximate surface area is 154 Å². The van der Waals surface area contributed by atoms with Gasteiger partial charge in [-0.05, 0) is 37.3 Å². The largest absolute Gasteiger partial charge is 0.393 e. The highest BCUT2D eigenvalue weighted by molar-refractivity contribution is 5.72. The van der Waals surface area contributed by atoms with Gasteiger partial charge in [-0.2, -0.15) is 0 Å². The first-order valence-electron chi connectivity index (χ1n) is 8.38. The molecule has 4 rings (SSSR count). The molecule has 3 aromatic heterocycles. The summed E-state index contributed by atoms with van der Waals surface area (Å²) >= 11 is 0. The third-order valence-corrected chi connectivity index (χ3v) is 4.47. The molecule has 0 fully saturated rings. The number of hydrogen-bond acceptors (Lipinski definition) is 5. The van der Waals surface area contributed by atoms with E-state index in [0.717, 1.165) is 11.3 Å². The Morgan fingerprint density at radius 3 is 2.74 bits per heavy atom. The fourth-order valence-electron chi connectivity index (χ4n) is 2.89. The quantitative estimate of drug-likeness (QED) is 0.582. The zero-order chi connectivity index (χ0) is 19.0. The summed E-state index contributed by atoms with van der Waals surface area (Å²) < 4.78 is 16.1. The topological polar surface area (TPSA) is 83.5 Å². The summed E-state index contributed by atoms with van der Waals surface area (Å²) in [5, 5.41) is 19.5. The van der Waals surface area contributed by atoms with E-state index in [0.29, 0.717) is 22.6 Å². The number of hydrogen-bond donors (Lipinski definition) is 2. The van der Waals surface area contributed by atoms with E-state index < -0.39 is 12.2 Å². The highest BCUT2D eigenvalue weighted by Gasteiger charge is 2.24. The number of aliphatic hydroxyl groups excluding tert-OH is 1. The minimum atomic E-state index is -1.45. The van der Waals surface area contributed by atoms with Gasteiger partial charge in [0.25, 0.3) is 0 Å². The SMILES string of the molecule is CC(O)(CO)c1ccn2c(-c3ccc(F)c(-c4cccnc4)c3)cnc2n1. The van der Waals surface area contributed by atoms with Crippen LogP contribution in [0, 0.1) is 5.82 Å². The molecule has 0 bridgehead atoms. The monoisotopic (exact) mass is 364 g/mol. The third kappa shape index (κ3) is 3.07. The number of rotatable bonds is 4. The zero-order valence-corrected chi connectivity index (χ0v) is 14.5. The molecule has 0 radical (unpaired) electrons. The van der Waals surface area contributed by atoms with E-state index in [1.165, 1.54) is 13.0 Å². The van der Waals surface area contributed by atoms with Crippen LogP contribution in [0.1, 0.15) is 12.6 Å². The van der Waals surface area contributed by atoms with Gasteiger partial charge in [-0.3, -0.25) is 9.38 Å². The lowest BCUT2D eigenvalue weighted by molar-refractivity contribution is -0.00576. The number of benzene rings is 1. The normalized spacial score (nSPS) is 13.6. The summed E-state index contributed by atoms with van der Waals surface area (Å²) in [6.07, 6.45) is 6.61. The standard InChI is InChI=1S/C20H17FN4O2/c1-20(27,12-26)18-6-8-25-17(11-23-19(25)24-18)13-4-5-16(21)15(9-13)14-3-2-7-22-10-14/h2-11,26-27H,12H2,1H3.